The molecule has 0 bridgehead atoms. The van der Waals surface area contributed by atoms with E-state index in [1.54, 1.807) is 25.3 Å². The first kappa shape index (κ1) is 18.4. The number of hydrogen-bond acceptors (Lipinski definition) is 5. The molecule has 0 saturated carbocycles. The van der Waals surface area contributed by atoms with E-state index in [2.05, 4.69) is 4.90 Å². The Kier molecular flexibility index (Phi) is 6.15. The molecule has 2 saturated heterocycles. The van der Waals surface area contributed by atoms with Crippen LogP contribution in [0.15, 0.2) is 22.8 Å². The Morgan fingerprint density at radius 1 is 1.40 bits per heavy atom. The fraction of sp³-hybridized carbons (Fsp3) is 0.737. The Bertz CT molecular complexity index is 536. The van der Waals surface area contributed by atoms with Crippen molar-refractivity contribution in [1.29, 1.82) is 0 Å². The topological polar surface area (TPSA) is 55.2 Å². The van der Waals surface area contributed by atoms with Gasteiger partial charge in [0.1, 0.15) is 12.4 Å². The number of ether oxygens (including phenoxy) is 2. The molecule has 2 aliphatic rings. The molecular formula is C19H30N2O4. The molecule has 1 amide bonds. The van der Waals surface area contributed by atoms with Gasteiger partial charge in [0, 0.05) is 40.4 Å². The van der Waals surface area contributed by atoms with Crippen LogP contribution < -0.4 is 0 Å². The summed E-state index contributed by atoms with van der Waals surface area (Å²) < 4.78 is 17.2. The largest absolute Gasteiger partial charge is 0.468 e. The summed E-state index contributed by atoms with van der Waals surface area (Å²) in [5.41, 5.74) is 0.00851. The number of carbonyl (C=O) groups excluding carboxylic acids is 1. The Labute approximate surface area is 150 Å². The van der Waals surface area contributed by atoms with Gasteiger partial charge in [-0.05, 0) is 43.7 Å². The third kappa shape index (κ3) is 4.63. The monoisotopic (exact) mass is 350 g/mol. The van der Waals surface area contributed by atoms with E-state index in [0.717, 1.165) is 57.7 Å². The van der Waals surface area contributed by atoms with Crippen molar-refractivity contribution in [2.24, 2.45) is 5.92 Å². The van der Waals surface area contributed by atoms with E-state index in [1.807, 2.05) is 12.1 Å². The summed E-state index contributed by atoms with van der Waals surface area (Å²) in [5.74, 6) is 1.58. The molecule has 0 aromatic carbocycles. The van der Waals surface area contributed by atoms with Gasteiger partial charge in [-0.25, -0.2) is 0 Å². The molecule has 3 heterocycles. The first-order valence-corrected chi connectivity index (χ1v) is 9.26. The van der Waals surface area contributed by atoms with Crippen LogP contribution in [0.25, 0.3) is 0 Å². The lowest BCUT2D eigenvalue weighted by molar-refractivity contribution is -0.133. The number of piperidine rings is 1. The summed E-state index contributed by atoms with van der Waals surface area (Å²) in [6.07, 6.45) is 5.93. The number of hydrogen-bond donors (Lipinski definition) is 0. The summed E-state index contributed by atoms with van der Waals surface area (Å²) >= 11 is 0. The standard InChI is InChI=1S/C19H30N2O4/c1-20(2)18(22)15-23-12-5-16-6-13-25-19(16)7-9-21(10-8-19)14-17-4-3-11-24-17/h3-4,11,16H,5-10,12-15H2,1-2H3/t16-/m1/s1. The van der Waals surface area contributed by atoms with Crippen LogP contribution in [0, 0.1) is 5.92 Å². The Hall–Kier alpha value is -1.37. The molecule has 140 valence electrons. The molecule has 6 nitrogen and oxygen atoms in total. The van der Waals surface area contributed by atoms with E-state index in [4.69, 9.17) is 13.9 Å². The smallest absolute Gasteiger partial charge is 0.248 e. The van der Waals surface area contributed by atoms with Gasteiger partial charge in [0.15, 0.2) is 0 Å². The van der Waals surface area contributed by atoms with Crippen LogP contribution in [0.4, 0.5) is 0 Å². The zero-order chi connectivity index (χ0) is 17.7. The maximum Gasteiger partial charge on any atom is 0.248 e. The lowest BCUT2D eigenvalue weighted by Crippen LogP contribution is -2.47. The van der Waals surface area contributed by atoms with Gasteiger partial charge in [0.25, 0.3) is 0 Å². The fourth-order valence-electron chi connectivity index (χ4n) is 3.97. The van der Waals surface area contributed by atoms with Crippen molar-refractivity contribution in [3.05, 3.63) is 24.2 Å². The molecule has 3 rings (SSSR count). The number of likely N-dealkylation sites (N-methyl/N-ethyl adjacent to an activating group) is 1. The molecule has 0 radical (unpaired) electrons. The molecule has 2 fully saturated rings. The average Bonchev–Trinajstić information content (AvgIpc) is 3.24. The maximum absolute atomic E-state index is 11.6. The number of furan rings is 1. The molecular weight excluding hydrogens is 320 g/mol. The van der Waals surface area contributed by atoms with Gasteiger partial charge in [0.05, 0.1) is 18.4 Å². The minimum absolute atomic E-state index is 0.00851. The van der Waals surface area contributed by atoms with Crippen molar-refractivity contribution < 1.29 is 18.7 Å². The quantitative estimate of drug-likeness (QED) is 0.705. The van der Waals surface area contributed by atoms with E-state index in [1.165, 1.54) is 0 Å². The highest BCUT2D eigenvalue weighted by molar-refractivity contribution is 5.76. The second kappa shape index (κ2) is 8.34. The Morgan fingerprint density at radius 2 is 2.20 bits per heavy atom. The van der Waals surface area contributed by atoms with Gasteiger partial charge >= 0.3 is 0 Å². The molecule has 6 heteroatoms. The Morgan fingerprint density at radius 3 is 2.88 bits per heavy atom. The van der Waals surface area contributed by atoms with Gasteiger partial charge in [0.2, 0.25) is 5.91 Å². The predicted octanol–water partition coefficient (Wildman–Crippen LogP) is 2.15. The van der Waals surface area contributed by atoms with Crippen molar-refractivity contribution in [1.82, 2.24) is 9.80 Å². The minimum Gasteiger partial charge on any atom is -0.468 e. The van der Waals surface area contributed by atoms with E-state index in [0.29, 0.717) is 12.5 Å². The molecule has 0 N–H and O–H groups in total. The zero-order valence-corrected chi connectivity index (χ0v) is 15.4. The van der Waals surface area contributed by atoms with E-state index >= 15 is 0 Å². The summed E-state index contributed by atoms with van der Waals surface area (Å²) in [6.45, 7) is 4.60. The predicted molar refractivity (Wildman–Crippen MR) is 94.1 cm³/mol. The normalized spacial score (nSPS) is 23.2. The second-order valence-electron chi connectivity index (χ2n) is 7.38. The van der Waals surface area contributed by atoms with Crippen LogP contribution in [-0.4, -0.2) is 68.3 Å². The zero-order valence-electron chi connectivity index (χ0n) is 15.4. The highest BCUT2D eigenvalue weighted by Gasteiger charge is 2.45. The van der Waals surface area contributed by atoms with Gasteiger partial charge < -0.3 is 18.8 Å². The van der Waals surface area contributed by atoms with Crippen molar-refractivity contribution in [3.8, 4) is 0 Å². The van der Waals surface area contributed by atoms with E-state index < -0.39 is 0 Å². The minimum atomic E-state index is 0.00851. The van der Waals surface area contributed by atoms with Crippen LogP contribution in [0.2, 0.25) is 0 Å². The molecule has 1 atom stereocenters. The fourth-order valence-corrected chi connectivity index (χ4v) is 3.97. The van der Waals surface area contributed by atoms with Crippen LogP contribution in [0.3, 0.4) is 0 Å². The lowest BCUT2D eigenvalue weighted by Gasteiger charge is -2.42. The van der Waals surface area contributed by atoms with E-state index in [-0.39, 0.29) is 18.1 Å². The molecule has 2 aliphatic heterocycles. The van der Waals surface area contributed by atoms with Crippen molar-refractivity contribution in [2.75, 3.05) is 47.0 Å². The van der Waals surface area contributed by atoms with Crippen molar-refractivity contribution >= 4 is 5.91 Å². The summed E-state index contributed by atoms with van der Waals surface area (Å²) in [7, 11) is 3.50. The van der Waals surface area contributed by atoms with Crippen molar-refractivity contribution in [2.45, 2.75) is 37.8 Å². The number of carbonyl (C=O) groups is 1. The van der Waals surface area contributed by atoms with E-state index in [9.17, 15) is 4.79 Å². The lowest BCUT2D eigenvalue weighted by atomic mass is 9.78. The molecule has 1 spiro atoms. The first-order chi connectivity index (χ1) is 12.1. The summed E-state index contributed by atoms with van der Waals surface area (Å²) in [6, 6.07) is 3.98. The maximum atomic E-state index is 11.6. The Balaban J connectivity index is 1.43. The average molecular weight is 350 g/mol. The third-order valence-electron chi connectivity index (χ3n) is 5.60. The van der Waals surface area contributed by atoms with Gasteiger partial charge in [-0.1, -0.05) is 0 Å². The van der Waals surface area contributed by atoms with Gasteiger partial charge in [-0.3, -0.25) is 9.69 Å². The molecule has 1 aromatic rings. The van der Waals surface area contributed by atoms with Gasteiger partial charge in [-0.2, -0.15) is 0 Å². The SMILES string of the molecule is CN(C)C(=O)COCC[C@@H]1CCOC12CCN(Cc1ccco1)CC2. The highest BCUT2D eigenvalue weighted by atomic mass is 16.5. The molecule has 25 heavy (non-hydrogen) atoms. The second-order valence-corrected chi connectivity index (χ2v) is 7.38. The summed E-state index contributed by atoms with van der Waals surface area (Å²) in [5, 5.41) is 0. The number of likely N-dealkylation sites (tertiary alicyclic amines) is 1. The molecule has 0 aliphatic carbocycles. The molecule has 1 aromatic heterocycles. The number of amides is 1. The van der Waals surface area contributed by atoms with Crippen molar-refractivity contribution in [3.63, 3.8) is 0 Å². The highest BCUT2D eigenvalue weighted by Crippen LogP contribution is 2.42. The summed E-state index contributed by atoms with van der Waals surface area (Å²) in [4.78, 5) is 15.6. The number of rotatable bonds is 7. The molecule has 0 unspecified atom stereocenters. The van der Waals surface area contributed by atoms with Crippen LogP contribution in [0.1, 0.15) is 31.4 Å². The van der Waals surface area contributed by atoms with Crippen LogP contribution in [0.5, 0.6) is 0 Å². The van der Waals surface area contributed by atoms with Crippen LogP contribution in [-0.2, 0) is 20.8 Å². The first-order valence-electron chi connectivity index (χ1n) is 9.26. The number of nitrogens with zero attached hydrogens (tertiary/aromatic N) is 2. The van der Waals surface area contributed by atoms with Gasteiger partial charge in [-0.15, -0.1) is 0 Å². The van der Waals surface area contributed by atoms with Crippen LogP contribution >= 0.6 is 0 Å². The third-order valence-corrected chi connectivity index (χ3v) is 5.60.